The normalized spacial score (nSPS) is 15.2. The fraction of sp³-hybridized carbons (Fsp3) is 0.444. The smallest absolute Gasteiger partial charge is 0.225 e. The van der Waals surface area contributed by atoms with Crippen LogP contribution in [0.4, 0.5) is 5.13 Å². The molecule has 1 amide bonds. The predicted molar refractivity (Wildman–Crippen MR) is 53.7 cm³/mol. The molecule has 1 aliphatic carbocycles. The van der Waals surface area contributed by atoms with Crippen molar-refractivity contribution < 1.29 is 9.59 Å². The van der Waals surface area contributed by atoms with E-state index in [2.05, 4.69) is 4.98 Å². The summed E-state index contributed by atoms with van der Waals surface area (Å²) in [7, 11) is 0. The van der Waals surface area contributed by atoms with Crippen LogP contribution in [0.2, 0.25) is 0 Å². The molecule has 1 aliphatic rings. The lowest BCUT2D eigenvalue weighted by atomic mass is 10.5. The first-order valence-electron chi connectivity index (χ1n) is 4.43. The Labute approximate surface area is 85.6 Å². The van der Waals surface area contributed by atoms with E-state index in [1.54, 1.807) is 10.3 Å². The summed E-state index contributed by atoms with van der Waals surface area (Å²) in [5, 5.41) is 2.31. The molecule has 1 fully saturated rings. The van der Waals surface area contributed by atoms with Crippen LogP contribution in [-0.4, -0.2) is 23.2 Å². The minimum atomic E-state index is -0.000649. The van der Waals surface area contributed by atoms with Gasteiger partial charge >= 0.3 is 0 Å². The third-order valence-corrected chi connectivity index (χ3v) is 2.95. The Morgan fingerprint density at radius 1 is 1.71 bits per heavy atom. The van der Waals surface area contributed by atoms with Crippen molar-refractivity contribution in [1.29, 1.82) is 0 Å². The van der Waals surface area contributed by atoms with Gasteiger partial charge in [-0.25, -0.2) is 4.98 Å². The highest BCUT2D eigenvalue weighted by atomic mass is 32.1. The molecule has 74 valence electrons. The van der Waals surface area contributed by atoms with Crippen molar-refractivity contribution >= 4 is 28.7 Å². The van der Waals surface area contributed by atoms with Crippen LogP contribution in [0.5, 0.6) is 0 Å². The second-order valence-electron chi connectivity index (χ2n) is 3.29. The molecule has 0 aromatic carbocycles. The van der Waals surface area contributed by atoms with E-state index in [-0.39, 0.29) is 5.91 Å². The highest BCUT2D eigenvalue weighted by Gasteiger charge is 2.33. The maximum atomic E-state index is 11.3. The molecule has 0 N–H and O–H groups in total. The quantitative estimate of drug-likeness (QED) is 0.710. The van der Waals surface area contributed by atoms with E-state index in [1.807, 2.05) is 0 Å². The molecule has 0 spiro atoms. The standard InChI is InChI=1S/C9H10N2O2S/c1-6(13)11(8-2-3-8)9-10-7(4-12)5-14-9/h4-5,8H,2-3H2,1H3. The van der Waals surface area contributed by atoms with Crippen LogP contribution in [0.15, 0.2) is 5.38 Å². The van der Waals surface area contributed by atoms with Crippen LogP contribution < -0.4 is 4.90 Å². The van der Waals surface area contributed by atoms with Crippen LogP contribution in [0.25, 0.3) is 0 Å². The Balaban J connectivity index is 2.25. The van der Waals surface area contributed by atoms with E-state index in [0.717, 1.165) is 12.8 Å². The first-order valence-corrected chi connectivity index (χ1v) is 5.31. The van der Waals surface area contributed by atoms with E-state index in [9.17, 15) is 9.59 Å². The molecule has 0 unspecified atom stereocenters. The molecule has 2 rings (SSSR count). The lowest BCUT2D eigenvalue weighted by Crippen LogP contribution is -2.30. The summed E-state index contributed by atoms with van der Waals surface area (Å²) in [6.45, 7) is 1.53. The Hall–Kier alpha value is -1.23. The minimum absolute atomic E-state index is 0.000649. The van der Waals surface area contributed by atoms with E-state index in [1.165, 1.54) is 18.3 Å². The summed E-state index contributed by atoms with van der Waals surface area (Å²) in [6.07, 6.45) is 2.77. The molecule has 1 aromatic heterocycles. The number of carbonyl (C=O) groups is 2. The summed E-state index contributed by atoms with van der Waals surface area (Å²) in [6, 6.07) is 0.304. The second-order valence-corrected chi connectivity index (χ2v) is 4.13. The summed E-state index contributed by atoms with van der Waals surface area (Å²) in [5.41, 5.74) is 0.400. The van der Waals surface area contributed by atoms with Crippen LogP contribution >= 0.6 is 11.3 Å². The molecule has 0 bridgehead atoms. The molecular formula is C9H10N2O2S. The number of aromatic nitrogens is 1. The van der Waals surface area contributed by atoms with Gasteiger partial charge in [-0.05, 0) is 12.8 Å². The Kier molecular flexibility index (Phi) is 2.33. The number of anilines is 1. The van der Waals surface area contributed by atoms with Gasteiger partial charge in [0.1, 0.15) is 5.69 Å². The Morgan fingerprint density at radius 3 is 2.86 bits per heavy atom. The van der Waals surface area contributed by atoms with Crippen LogP contribution in [0.3, 0.4) is 0 Å². The number of thiazole rings is 1. The fourth-order valence-electron chi connectivity index (χ4n) is 1.32. The maximum absolute atomic E-state index is 11.3. The highest BCUT2D eigenvalue weighted by molar-refractivity contribution is 7.14. The van der Waals surface area contributed by atoms with Crippen LogP contribution in [0.1, 0.15) is 30.3 Å². The molecular weight excluding hydrogens is 200 g/mol. The fourth-order valence-corrected chi connectivity index (χ4v) is 2.21. The van der Waals surface area contributed by atoms with Crippen molar-refractivity contribution in [1.82, 2.24) is 4.98 Å². The third kappa shape index (κ3) is 1.68. The van der Waals surface area contributed by atoms with Crippen LogP contribution in [-0.2, 0) is 4.79 Å². The van der Waals surface area contributed by atoms with Crippen molar-refractivity contribution in [3.8, 4) is 0 Å². The maximum Gasteiger partial charge on any atom is 0.225 e. The second kappa shape index (κ2) is 3.49. The number of rotatable bonds is 3. The van der Waals surface area contributed by atoms with Crippen LogP contribution in [0, 0.1) is 0 Å². The van der Waals surface area contributed by atoms with Gasteiger partial charge in [-0.3, -0.25) is 14.5 Å². The molecule has 0 saturated heterocycles. The van der Waals surface area contributed by atoms with Gasteiger partial charge in [0.05, 0.1) is 0 Å². The van der Waals surface area contributed by atoms with E-state index >= 15 is 0 Å². The monoisotopic (exact) mass is 210 g/mol. The summed E-state index contributed by atoms with van der Waals surface area (Å²) in [5.74, 6) is -0.000649. The Morgan fingerprint density at radius 2 is 2.43 bits per heavy atom. The summed E-state index contributed by atoms with van der Waals surface area (Å²) in [4.78, 5) is 27.5. The van der Waals surface area contributed by atoms with Gasteiger partial charge in [0.15, 0.2) is 11.4 Å². The largest absolute Gasteiger partial charge is 0.296 e. The van der Waals surface area contributed by atoms with Gasteiger partial charge in [0, 0.05) is 18.3 Å². The van der Waals surface area contributed by atoms with E-state index < -0.39 is 0 Å². The number of hydrogen-bond acceptors (Lipinski definition) is 4. The first-order chi connectivity index (χ1) is 6.72. The molecule has 5 heteroatoms. The van der Waals surface area contributed by atoms with Crippen molar-refractivity contribution in [2.24, 2.45) is 0 Å². The van der Waals surface area contributed by atoms with Crippen molar-refractivity contribution in [3.63, 3.8) is 0 Å². The molecule has 4 nitrogen and oxygen atoms in total. The molecule has 0 radical (unpaired) electrons. The zero-order chi connectivity index (χ0) is 10.1. The lowest BCUT2D eigenvalue weighted by Gasteiger charge is -2.16. The van der Waals surface area contributed by atoms with Gasteiger partial charge in [-0.1, -0.05) is 0 Å². The van der Waals surface area contributed by atoms with Gasteiger partial charge in [-0.15, -0.1) is 11.3 Å². The zero-order valence-electron chi connectivity index (χ0n) is 7.77. The number of hydrogen-bond donors (Lipinski definition) is 0. The van der Waals surface area contributed by atoms with Crippen molar-refractivity contribution in [2.75, 3.05) is 4.90 Å². The number of nitrogens with zero attached hydrogens (tertiary/aromatic N) is 2. The minimum Gasteiger partial charge on any atom is -0.296 e. The zero-order valence-corrected chi connectivity index (χ0v) is 8.58. The highest BCUT2D eigenvalue weighted by Crippen LogP contribution is 2.33. The summed E-state index contributed by atoms with van der Waals surface area (Å²) < 4.78 is 0. The van der Waals surface area contributed by atoms with Crippen molar-refractivity contribution in [3.05, 3.63) is 11.1 Å². The van der Waals surface area contributed by atoms with Gasteiger partial charge in [0.2, 0.25) is 5.91 Å². The molecule has 1 aromatic rings. The number of carbonyl (C=O) groups excluding carboxylic acids is 2. The molecule has 1 heterocycles. The average molecular weight is 210 g/mol. The first kappa shape index (κ1) is 9.33. The SMILES string of the molecule is CC(=O)N(c1nc(C=O)cs1)C1CC1. The number of amides is 1. The topological polar surface area (TPSA) is 50.3 Å². The lowest BCUT2D eigenvalue weighted by molar-refractivity contribution is -0.116. The molecule has 14 heavy (non-hydrogen) atoms. The van der Waals surface area contributed by atoms with Gasteiger partial charge in [-0.2, -0.15) is 0 Å². The van der Waals surface area contributed by atoms with E-state index in [0.29, 0.717) is 23.2 Å². The van der Waals surface area contributed by atoms with Crippen molar-refractivity contribution in [2.45, 2.75) is 25.8 Å². The molecule has 0 atom stereocenters. The molecule has 1 saturated carbocycles. The summed E-state index contributed by atoms with van der Waals surface area (Å²) >= 11 is 1.34. The van der Waals surface area contributed by atoms with Gasteiger partial charge in [0.25, 0.3) is 0 Å². The third-order valence-electron chi connectivity index (χ3n) is 2.09. The van der Waals surface area contributed by atoms with E-state index in [4.69, 9.17) is 0 Å². The Bertz CT molecular complexity index is 371. The molecule has 0 aliphatic heterocycles. The predicted octanol–water partition coefficient (Wildman–Crippen LogP) is 1.47. The number of aldehydes is 1. The van der Waals surface area contributed by atoms with Gasteiger partial charge < -0.3 is 0 Å². The average Bonchev–Trinajstić information content (AvgIpc) is 2.83.